The summed E-state index contributed by atoms with van der Waals surface area (Å²) < 4.78 is 28.6. The Morgan fingerprint density at radius 1 is 0.886 bits per heavy atom. The third-order valence-corrected chi connectivity index (χ3v) is 6.80. The topological polar surface area (TPSA) is 92.3 Å². The molecule has 0 atom stereocenters. The number of hydrogen-bond acceptors (Lipinski definition) is 5. The van der Waals surface area contributed by atoms with Crippen molar-refractivity contribution in [1.82, 2.24) is 14.9 Å². The Hall–Kier alpha value is -4.04. The van der Waals surface area contributed by atoms with E-state index in [4.69, 9.17) is 0 Å². The normalized spacial score (nSPS) is 11.1. The van der Waals surface area contributed by atoms with E-state index in [0.29, 0.717) is 6.54 Å². The Balaban J connectivity index is 1.67. The molecule has 0 fully saturated rings. The van der Waals surface area contributed by atoms with Crippen LogP contribution in [0.25, 0.3) is 0 Å². The summed E-state index contributed by atoms with van der Waals surface area (Å²) in [7, 11) is -3.88. The van der Waals surface area contributed by atoms with Crippen LogP contribution in [0.15, 0.2) is 96.2 Å². The number of benzene rings is 2. The molecule has 1 amide bonds. The smallest absolute Gasteiger partial charge is 0.261 e. The molecule has 0 bridgehead atoms. The number of anilines is 1. The molecule has 0 aliphatic heterocycles. The highest BCUT2D eigenvalue weighted by Crippen LogP contribution is 2.23. The van der Waals surface area contributed by atoms with E-state index in [0.717, 1.165) is 22.5 Å². The highest BCUT2D eigenvalue weighted by molar-refractivity contribution is 7.92. The van der Waals surface area contributed by atoms with E-state index in [2.05, 4.69) is 14.7 Å². The van der Waals surface area contributed by atoms with Crippen LogP contribution in [-0.2, 0) is 23.1 Å². The van der Waals surface area contributed by atoms with Crippen molar-refractivity contribution in [2.75, 3.05) is 4.72 Å². The summed E-state index contributed by atoms with van der Waals surface area (Å²) in [5, 5.41) is 0. The van der Waals surface area contributed by atoms with E-state index in [1.165, 1.54) is 0 Å². The maximum absolute atomic E-state index is 13.8. The van der Waals surface area contributed by atoms with E-state index in [1.54, 1.807) is 65.8 Å². The summed E-state index contributed by atoms with van der Waals surface area (Å²) in [4.78, 5) is 24.2. The molecule has 0 saturated carbocycles. The molecule has 4 rings (SSSR count). The Morgan fingerprint density at radius 2 is 1.66 bits per heavy atom. The van der Waals surface area contributed by atoms with Gasteiger partial charge in [0.25, 0.3) is 15.9 Å². The van der Waals surface area contributed by atoms with Crippen LogP contribution in [0.2, 0.25) is 0 Å². The number of nitrogens with one attached hydrogen (secondary N) is 1. The number of sulfonamides is 1. The Labute approximate surface area is 205 Å². The second-order valence-electron chi connectivity index (χ2n) is 8.26. The summed E-state index contributed by atoms with van der Waals surface area (Å²) in [6.45, 7) is 4.33. The van der Waals surface area contributed by atoms with Crippen molar-refractivity contribution < 1.29 is 13.2 Å². The maximum atomic E-state index is 13.8. The van der Waals surface area contributed by atoms with Crippen molar-refractivity contribution in [2.24, 2.45) is 0 Å². The zero-order valence-corrected chi connectivity index (χ0v) is 20.4. The number of amides is 1. The summed E-state index contributed by atoms with van der Waals surface area (Å²) in [6, 6.07) is 22.5. The maximum Gasteiger partial charge on any atom is 0.261 e. The number of carbonyl (C=O) groups is 1. The van der Waals surface area contributed by atoms with Crippen molar-refractivity contribution in [1.29, 1.82) is 0 Å². The van der Waals surface area contributed by atoms with Crippen LogP contribution < -0.4 is 4.72 Å². The summed E-state index contributed by atoms with van der Waals surface area (Å²) >= 11 is 0. The van der Waals surface area contributed by atoms with Gasteiger partial charge in [-0.3, -0.25) is 19.5 Å². The molecule has 2 aromatic heterocycles. The standard InChI is InChI=1S/C27H26N4O3S/c1-20-12-14-24(15-13-20)35(33,34)30-26-11-4-3-10-25(26)27(32)31(18-22-8-6-16-28-17-22)19-23-9-5-7-21(2)29-23/h3-17,30H,18-19H2,1-2H3. The monoisotopic (exact) mass is 486 g/mol. The lowest BCUT2D eigenvalue weighted by molar-refractivity contribution is 0.0728. The lowest BCUT2D eigenvalue weighted by Gasteiger charge is -2.24. The number of aryl methyl sites for hydroxylation is 2. The second-order valence-corrected chi connectivity index (χ2v) is 9.94. The van der Waals surface area contributed by atoms with Crippen molar-refractivity contribution in [3.63, 3.8) is 0 Å². The van der Waals surface area contributed by atoms with Gasteiger partial charge in [-0.05, 0) is 61.9 Å². The highest BCUT2D eigenvalue weighted by atomic mass is 32.2. The second kappa shape index (κ2) is 10.5. The SMILES string of the molecule is Cc1ccc(S(=O)(=O)Nc2ccccc2C(=O)N(Cc2cccnc2)Cc2cccc(C)n2)cc1. The number of pyridine rings is 2. The number of rotatable bonds is 8. The first-order chi connectivity index (χ1) is 16.8. The molecular weight excluding hydrogens is 460 g/mol. The van der Waals surface area contributed by atoms with E-state index in [9.17, 15) is 13.2 Å². The fourth-order valence-electron chi connectivity index (χ4n) is 3.64. The van der Waals surface area contributed by atoms with Gasteiger partial charge >= 0.3 is 0 Å². The van der Waals surface area contributed by atoms with Crippen molar-refractivity contribution >= 4 is 21.6 Å². The molecule has 0 saturated heterocycles. The Bertz CT molecular complexity index is 1420. The largest absolute Gasteiger partial charge is 0.328 e. The summed E-state index contributed by atoms with van der Waals surface area (Å²) in [5.41, 5.74) is 3.86. The van der Waals surface area contributed by atoms with Gasteiger partial charge in [0, 0.05) is 24.6 Å². The molecule has 178 valence electrons. The molecule has 1 N–H and O–H groups in total. The fourth-order valence-corrected chi connectivity index (χ4v) is 4.72. The Kier molecular flexibility index (Phi) is 7.22. The zero-order valence-electron chi connectivity index (χ0n) is 19.5. The van der Waals surface area contributed by atoms with Gasteiger partial charge in [0.2, 0.25) is 0 Å². The van der Waals surface area contributed by atoms with E-state index in [1.807, 2.05) is 44.2 Å². The molecule has 0 unspecified atom stereocenters. The molecule has 2 aromatic carbocycles. The molecule has 8 heteroatoms. The molecular formula is C27H26N4O3S. The minimum atomic E-state index is -3.88. The average molecular weight is 487 g/mol. The summed E-state index contributed by atoms with van der Waals surface area (Å²) in [5.74, 6) is -0.320. The van der Waals surface area contributed by atoms with Crippen LogP contribution in [0.1, 0.15) is 32.9 Å². The third-order valence-electron chi connectivity index (χ3n) is 5.42. The molecule has 35 heavy (non-hydrogen) atoms. The number of nitrogens with zero attached hydrogens (tertiary/aromatic N) is 3. The molecule has 0 radical (unpaired) electrons. The van der Waals surface area contributed by atoms with Gasteiger partial charge in [0.1, 0.15) is 0 Å². The van der Waals surface area contributed by atoms with E-state index in [-0.39, 0.29) is 28.6 Å². The summed E-state index contributed by atoms with van der Waals surface area (Å²) in [6.07, 6.45) is 3.38. The first-order valence-electron chi connectivity index (χ1n) is 11.1. The van der Waals surface area contributed by atoms with Gasteiger partial charge in [0.05, 0.1) is 28.4 Å². The van der Waals surface area contributed by atoms with E-state index < -0.39 is 10.0 Å². The van der Waals surface area contributed by atoms with Crippen LogP contribution in [0.3, 0.4) is 0 Å². The zero-order chi connectivity index (χ0) is 24.8. The first-order valence-corrected chi connectivity index (χ1v) is 12.6. The Morgan fingerprint density at radius 3 is 2.37 bits per heavy atom. The molecule has 0 spiro atoms. The van der Waals surface area contributed by atoms with Crippen LogP contribution in [0, 0.1) is 13.8 Å². The van der Waals surface area contributed by atoms with Gasteiger partial charge in [-0.15, -0.1) is 0 Å². The molecule has 2 heterocycles. The van der Waals surface area contributed by atoms with Crippen molar-refractivity contribution in [3.05, 3.63) is 119 Å². The van der Waals surface area contributed by atoms with E-state index >= 15 is 0 Å². The third kappa shape index (κ3) is 6.10. The van der Waals surface area contributed by atoms with Crippen LogP contribution in [-0.4, -0.2) is 29.2 Å². The molecule has 0 aliphatic rings. The fraction of sp³-hybridized carbons (Fsp3) is 0.148. The lowest BCUT2D eigenvalue weighted by Crippen LogP contribution is -2.31. The van der Waals surface area contributed by atoms with Gasteiger partial charge in [0.15, 0.2) is 0 Å². The van der Waals surface area contributed by atoms with Gasteiger partial charge < -0.3 is 4.90 Å². The lowest BCUT2D eigenvalue weighted by atomic mass is 10.1. The quantitative estimate of drug-likeness (QED) is 0.388. The predicted octanol–water partition coefficient (Wildman–Crippen LogP) is 4.74. The first kappa shape index (κ1) is 24.1. The number of hydrogen-bond donors (Lipinski definition) is 1. The van der Waals surface area contributed by atoms with Crippen LogP contribution >= 0.6 is 0 Å². The number of aromatic nitrogens is 2. The average Bonchev–Trinajstić information content (AvgIpc) is 2.84. The van der Waals surface area contributed by atoms with Crippen molar-refractivity contribution in [3.8, 4) is 0 Å². The van der Waals surface area contributed by atoms with Crippen LogP contribution in [0.5, 0.6) is 0 Å². The van der Waals surface area contributed by atoms with Crippen molar-refractivity contribution in [2.45, 2.75) is 31.8 Å². The number of para-hydroxylation sites is 1. The van der Waals surface area contributed by atoms with Crippen LogP contribution in [0.4, 0.5) is 5.69 Å². The highest BCUT2D eigenvalue weighted by Gasteiger charge is 2.23. The van der Waals surface area contributed by atoms with Gasteiger partial charge in [-0.1, -0.05) is 42.0 Å². The van der Waals surface area contributed by atoms with Gasteiger partial charge in [-0.25, -0.2) is 8.42 Å². The predicted molar refractivity (Wildman–Crippen MR) is 135 cm³/mol. The number of carbonyl (C=O) groups excluding carboxylic acids is 1. The molecule has 4 aromatic rings. The molecule has 0 aliphatic carbocycles. The molecule has 7 nitrogen and oxygen atoms in total. The minimum absolute atomic E-state index is 0.126. The van der Waals surface area contributed by atoms with Gasteiger partial charge in [-0.2, -0.15) is 0 Å². The minimum Gasteiger partial charge on any atom is -0.328 e.